The average molecular weight is 347 g/mol. The minimum atomic E-state index is -0.957. The van der Waals surface area contributed by atoms with Crippen molar-refractivity contribution in [2.45, 2.75) is 19.3 Å². The van der Waals surface area contributed by atoms with Crippen molar-refractivity contribution in [1.29, 1.82) is 0 Å². The number of aliphatic hydroxyl groups excluding tert-OH is 1. The highest BCUT2D eigenvalue weighted by Gasteiger charge is 2.29. The molecule has 0 aliphatic heterocycles. The second-order valence-electron chi connectivity index (χ2n) is 5.90. The highest BCUT2D eigenvalue weighted by molar-refractivity contribution is 5.94. The van der Waals surface area contributed by atoms with Gasteiger partial charge in [0.25, 0.3) is 5.91 Å². The Morgan fingerprint density at radius 2 is 2.16 bits per heavy atom. The average Bonchev–Trinajstić information content (AvgIpc) is 3.19. The number of aromatic nitrogens is 2. The van der Waals surface area contributed by atoms with E-state index in [1.807, 2.05) is 0 Å². The Bertz CT molecular complexity index is 817. The zero-order chi connectivity index (χ0) is 18.0. The van der Waals surface area contributed by atoms with E-state index in [4.69, 9.17) is 5.11 Å². The molecule has 1 N–H and O–H groups in total. The van der Waals surface area contributed by atoms with Crippen LogP contribution in [0.3, 0.4) is 0 Å². The second kappa shape index (κ2) is 7.14. The molecule has 0 saturated carbocycles. The number of carbonyl (C=O) groups is 1. The molecule has 0 atom stereocenters. The molecular weight excluding hydrogens is 328 g/mol. The lowest BCUT2D eigenvalue weighted by Crippen LogP contribution is -2.34. The van der Waals surface area contributed by atoms with Gasteiger partial charge in [0.15, 0.2) is 17.3 Å². The lowest BCUT2D eigenvalue weighted by atomic mass is 10.2. The van der Waals surface area contributed by atoms with Crippen molar-refractivity contribution in [2.24, 2.45) is 0 Å². The van der Waals surface area contributed by atoms with Gasteiger partial charge in [0.05, 0.1) is 12.3 Å². The van der Waals surface area contributed by atoms with E-state index >= 15 is 0 Å². The van der Waals surface area contributed by atoms with Crippen molar-refractivity contribution in [2.75, 3.05) is 19.7 Å². The Morgan fingerprint density at radius 3 is 2.84 bits per heavy atom. The van der Waals surface area contributed by atoms with Crippen LogP contribution in [0.5, 0.6) is 0 Å². The van der Waals surface area contributed by atoms with Crippen molar-refractivity contribution in [3.63, 3.8) is 0 Å². The van der Waals surface area contributed by atoms with Gasteiger partial charge in [-0.15, -0.1) is 6.58 Å². The van der Waals surface area contributed by atoms with Crippen LogP contribution in [0.1, 0.15) is 28.2 Å². The Hall–Kier alpha value is -2.54. The normalized spacial score (nSPS) is 12.9. The molecule has 25 heavy (non-hydrogen) atoms. The second-order valence-corrected chi connectivity index (χ2v) is 5.90. The van der Waals surface area contributed by atoms with E-state index in [2.05, 4.69) is 11.7 Å². The molecule has 0 saturated heterocycles. The molecule has 0 fully saturated rings. The first-order valence-corrected chi connectivity index (χ1v) is 8.14. The topological polar surface area (TPSA) is 58.4 Å². The number of fused-ring (bicyclic) bond motifs is 1. The summed E-state index contributed by atoms with van der Waals surface area (Å²) in [7, 11) is 0. The summed E-state index contributed by atoms with van der Waals surface area (Å²) in [5.74, 6) is -2.18. The minimum Gasteiger partial charge on any atom is -0.395 e. The van der Waals surface area contributed by atoms with Crippen LogP contribution in [0, 0.1) is 11.6 Å². The number of hydrogen-bond donors (Lipinski definition) is 1. The van der Waals surface area contributed by atoms with Crippen molar-refractivity contribution in [1.82, 2.24) is 14.7 Å². The zero-order valence-electron chi connectivity index (χ0n) is 13.7. The minimum absolute atomic E-state index is 0.161. The molecule has 0 unspecified atom stereocenters. The molecule has 1 aliphatic rings. The van der Waals surface area contributed by atoms with Crippen LogP contribution in [0.2, 0.25) is 0 Å². The van der Waals surface area contributed by atoms with Crippen LogP contribution in [0.4, 0.5) is 8.78 Å². The molecule has 1 aliphatic carbocycles. The van der Waals surface area contributed by atoms with E-state index in [1.54, 1.807) is 6.08 Å². The van der Waals surface area contributed by atoms with Crippen molar-refractivity contribution >= 4 is 5.91 Å². The van der Waals surface area contributed by atoms with Crippen molar-refractivity contribution in [3.05, 3.63) is 59.4 Å². The fourth-order valence-electron chi connectivity index (χ4n) is 3.14. The summed E-state index contributed by atoms with van der Waals surface area (Å²) in [6, 6.07) is 3.56. The summed E-state index contributed by atoms with van der Waals surface area (Å²) in [6.07, 6.45) is 3.88. The van der Waals surface area contributed by atoms with Gasteiger partial charge < -0.3 is 10.0 Å². The smallest absolute Gasteiger partial charge is 0.275 e. The molecule has 1 aromatic carbocycles. The molecule has 5 nitrogen and oxygen atoms in total. The third-order valence-electron chi connectivity index (χ3n) is 4.29. The van der Waals surface area contributed by atoms with E-state index in [-0.39, 0.29) is 19.1 Å². The van der Waals surface area contributed by atoms with Crippen molar-refractivity contribution in [3.8, 4) is 5.69 Å². The third kappa shape index (κ3) is 3.19. The third-order valence-corrected chi connectivity index (χ3v) is 4.29. The first-order valence-electron chi connectivity index (χ1n) is 8.14. The quantitative estimate of drug-likeness (QED) is 0.816. The summed E-state index contributed by atoms with van der Waals surface area (Å²) in [6.45, 7) is 3.94. The number of hydrogen-bond acceptors (Lipinski definition) is 3. The molecule has 0 radical (unpaired) electrons. The molecule has 7 heteroatoms. The molecule has 0 bridgehead atoms. The van der Waals surface area contributed by atoms with Crippen LogP contribution in [-0.2, 0) is 12.8 Å². The van der Waals surface area contributed by atoms with Gasteiger partial charge >= 0.3 is 0 Å². The van der Waals surface area contributed by atoms with Gasteiger partial charge in [0, 0.05) is 30.4 Å². The van der Waals surface area contributed by atoms with Gasteiger partial charge in [-0.25, -0.2) is 13.5 Å². The van der Waals surface area contributed by atoms with Gasteiger partial charge in [-0.3, -0.25) is 4.79 Å². The first kappa shape index (κ1) is 17.3. The Labute approximate surface area is 144 Å². The molecule has 2 aromatic rings. The van der Waals surface area contributed by atoms with Gasteiger partial charge in [-0.05, 0) is 31.4 Å². The molecule has 0 spiro atoms. The van der Waals surface area contributed by atoms with Gasteiger partial charge in [-0.2, -0.15) is 5.10 Å². The maximum atomic E-state index is 13.6. The molecule has 1 amide bonds. The maximum absolute atomic E-state index is 13.6. The van der Waals surface area contributed by atoms with Crippen LogP contribution in [-0.4, -0.2) is 45.4 Å². The zero-order valence-corrected chi connectivity index (χ0v) is 13.7. The molecular formula is C18H19F2N3O2. The van der Waals surface area contributed by atoms with E-state index in [0.29, 0.717) is 24.3 Å². The van der Waals surface area contributed by atoms with E-state index in [0.717, 1.165) is 36.2 Å². The van der Waals surface area contributed by atoms with Crippen LogP contribution in [0.25, 0.3) is 5.69 Å². The molecule has 3 rings (SSSR count). The van der Waals surface area contributed by atoms with E-state index < -0.39 is 11.6 Å². The van der Waals surface area contributed by atoms with Crippen molar-refractivity contribution < 1.29 is 18.7 Å². The fourth-order valence-corrected chi connectivity index (χ4v) is 3.14. The highest BCUT2D eigenvalue weighted by Crippen LogP contribution is 2.29. The number of nitrogens with zero attached hydrogens (tertiary/aromatic N) is 3. The standard InChI is InChI=1S/C18H19F2N3O2/c1-2-8-22(9-10-24)18(25)17-13-4-3-5-16(13)23(21-17)12-6-7-14(19)15(20)11-12/h2,6-7,11,24H,1,3-5,8-10H2. The lowest BCUT2D eigenvalue weighted by molar-refractivity contribution is 0.0735. The summed E-state index contributed by atoms with van der Waals surface area (Å²) < 4.78 is 28.3. The summed E-state index contributed by atoms with van der Waals surface area (Å²) >= 11 is 0. The molecule has 1 aromatic heterocycles. The van der Waals surface area contributed by atoms with Gasteiger partial charge in [0.2, 0.25) is 0 Å². The fraction of sp³-hybridized carbons (Fsp3) is 0.333. The Morgan fingerprint density at radius 1 is 1.36 bits per heavy atom. The van der Waals surface area contributed by atoms with Gasteiger partial charge in [0.1, 0.15) is 0 Å². The van der Waals surface area contributed by atoms with E-state index in [9.17, 15) is 13.6 Å². The Balaban J connectivity index is 2.03. The highest BCUT2D eigenvalue weighted by atomic mass is 19.2. The number of aliphatic hydroxyl groups is 1. The summed E-state index contributed by atoms with van der Waals surface area (Å²) in [5, 5.41) is 13.5. The van der Waals surface area contributed by atoms with Crippen LogP contribution in [0.15, 0.2) is 30.9 Å². The number of halogens is 2. The maximum Gasteiger partial charge on any atom is 0.275 e. The number of rotatable bonds is 6. The molecule has 1 heterocycles. The SMILES string of the molecule is C=CCN(CCO)C(=O)c1nn(-c2ccc(F)c(F)c2)c2c1CCC2. The number of carbonyl (C=O) groups excluding carboxylic acids is 1. The first-order chi connectivity index (χ1) is 12.1. The summed E-state index contributed by atoms with van der Waals surface area (Å²) in [5.41, 5.74) is 2.36. The number of benzene rings is 1. The largest absolute Gasteiger partial charge is 0.395 e. The predicted octanol–water partition coefficient (Wildman–Crippen LogP) is 2.26. The monoisotopic (exact) mass is 347 g/mol. The van der Waals surface area contributed by atoms with Crippen LogP contribution >= 0.6 is 0 Å². The lowest BCUT2D eigenvalue weighted by Gasteiger charge is -2.19. The van der Waals surface area contributed by atoms with E-state index in [1.165, 1.54) is 15.6 Å². The van der Waals surface area contributed by atoms with Crippen LogP contribution < -0.4 is 0 Å². The summed E-state index contributed by atoms with van der Waals surface area (Å²) in [4.78, 5) is 14.3. The Kier molecular flexibility index (Phi) is 4.94. The number of amides is 1. The molecule has 132 valence electrons. The van der Waals surface area contributed by atoms with Gasteiger partial charge in [-0.1, -0.05) is 6.08 Å². The predicted molar refractivity (Wildman–Crippen MR) is 88.7 cm³/mol.